The van der Waals surface area contributed by atoms with Crippen LogP contribution in [0.5, 0.6) is 5.75 Å². The third kappa shape index (κ3) is 3.58. The zero-order chi connectivity index (χ0) is 14.8. The highest BCUT2D eigenvalue weighted by Crippen LogP contribution is 2.24. The van der Waals surface area contributed by atoms with Crippen molar-refractivity contribution in [1.82, 2.24) is 4.98 Å². The van der Waals surface area contributed by atoms with Gasteiger partial charge in [0.15, 0.2) is 0 Å². The maximum atomic E-state index is 9.89. The van der Waals surface area contributed by atoms with Gasteiger partial charge in [0, 0.05) is 11.8 Å². The fourth-order valence-electron chi connectivity index (χ4n) is 1.97. The number of benzene rings is 1. The molecule has 0 saturated heterocycles. The van der Waals surface area contributed by atoms with Gasteiger partial charge in [0.2, 0.25) is 0 Å². The van der Waals surface area contributed by atoms with Crippen molar-refractivity contribution >= 4 is 11.3 Å². The number of aromatic nitrogens is 1. The van der Waals surface area contributed by atoms with Crippen molar-refractivity contribution in [2.45, 2.75) is 39.7 Å². The lowest BCUT2D eigenvalue weighted by atomic mass is 10.1. The average molecular weight is 291 g/mol. The van der Waals surface area contributed by atoms with Crippen LogP contribution in [-0.4, -0.2) is 16.7 Å². The lowest BCUT2D eigenvalue weighted by Crippen LogP contribution is -2.16. The minimum Gasteiger partial charge on any atom is -0.493 e. The van der Waals surface area contributed by atoms with E-state index in [4.69, 9.17) is 4.74 Å². The summed E-state index contributed by atoms with van der Waals surface area (Å²) in [5.74, 6) is 0.965. The molecule has 2 aromatic rings. The van der Waals surface area contributed by atoms with Crippen LogP contribution in [0.4, 0.5) is 0 Å². The molecule has 0 bridgehead atoms. The minimum absolute atomic E-state index is 0.602. The van der Waals surface area contributed by atoms with Crippen LogP contribution in [0.2, 0.25) is 0 Å². The van der Waals surface area contributed by atoms with Crippen molar-refractivity contribution < 1.29 is 9.84 Å². The van der Waals surface area contributed by atoms with Crippen molar-refractivity contribution in [1.29, 1.82) is 0 Å². The Balaban J connectivity index is 1.95. The third-order valence-corrected chi connectivity index (χ3v) is 4.06. The number of rotatable bonds is 5. The Morgan fingerprint density at radius 3 is 2.45 bits per heavy atom. The van der Waals surface area contributed by atoms with E-state index in [1.54, 1.807) is 25.2 Å². The number of nitrogens with zero attached hydrogens (tertiary/aromatic N) is 1. The Labute approximate surface area is 124 Å². The van der Waals surface area contributed by atoms with Gasteiger partial charge in [-0.1, -0.05) is 18.2 Å². The van der Waals surface area contributed by atoms with Crippen LogP contribution in [0.3, 0.4) is 0 Å². The predicted molar refractivity (Wildman–Crippen MR) is 82.5 cm³/mol. The van der Waals surface area contributed by atoms with E-state index in [1.807, 2.05) is 11.4 Å². The molecule has 0 saturated carbocycles. The zero-order valence-corrected chi connectivity index (χ0v) is 13.3. The van der Waals surface area contributed by atoms with Crippen LogP contribution in [0.1, 0.15) is 35.7 Å². The number of ether oxygens (including phenoxy) is 1. The highest BCUT2D eigenvalue weighted by atomic mass is 32.1. The summed E-state index contributed by atoms with van der Waals surface area (Å²) in [6.07, 6.45) is 0.758. The molecule has 0 spiro atoms. The molecule has 1 aromatic heterocycles. The van der Waals surface area contributed by atoms with Gasteiger partial charge in [-0.15, -0.1) is 11.3 Å². The highest BCUT2D eigenvalue weighted by Gasteiger charge is 2.19. The number of aliphatic hydroxyl groups is 1. The van der Waals surface area contributed by atoms with Crippen molar-refractivity contribution in [2.24, 2.45) is 0 Å². The molecule has 20 heavy (non-hydrogen) atoms. The largest absolute Gasteiger partial charge is 0.493 e. The summed E-state index contributed by atoms with van der Waals surface area (Å²) in [4.78, 5) is 4.45. The number of aryl methyl sites for hydroxylation is 2. The normalized spacial score (nSPS) is 11.7. The van der Waals surface area contributed by atoms with E-state index in [0.29, 0.717) is 6.61 Å². The van der Waals surface area contributed by atoms with Crippen LogP contribution < -0.4 is 4.74 Å². The molecule has 0 radical (unpaired) electrons. The predicted octanol–water partition coefficient (Wildman–Crippen LogP) is 3.61. The SMILES string of the molecule is Cc1cccc(C)c1OCCc1nc(C(C)(C)O)cs1. The minimum atomic E-state index is -0.873. The van der Waals surface area contributed by atoms with Crippen LogP contribution in [0.25, 0.3) is 0 Å². The van der Waals surface area contributed by atoms with Crippen LogP contribution in [-0.2, 0) is 12.0 Å². The molecule has 1 N–H and O–H groups in total. The molecule has 0 amide bonds. The number of thiazole rings is 1. The first-order chi connectivity index (χ1) is 9.38. The second-order valence-electron chi connectivity index (χ2n) is 5.50. The van der Waals surface area contributed by atoms with Gasteiger partial charge >= 0.3 is 0 Å². The van der Waals surface area contributed by atoms with Crippen molar-refractivity contribution in [3.63, 3.8) is 0 Å². The topological polar surface area (TPSA) is 42.4 Å². The number of hydrogen-bond acceptors (Lipinski definition) is 4. The van der Waals surface area contributed by atoms with Crippen molar-refractivity contribution in [3.8, 4) is 5.75 Å². The van der Waals surface area contributed by atoms with E-state index < -0.39 is 5.60 Å². The quantitative estimate of drug-likeness (QED) is 0.915. The summed E-state index contributed by atoms with van der Waals surface area (Å²) in [7, 11) is 0. The lowest BCUT2D eigenvalue weighted by Gasteiger charge is -2.13. The standard InChI is InChI=1S/C16H21NO2S/c1-11-6-5-7-12(2)15(11)19-9-8-14-17-13(10-20-14)16(3,4)18/h5-7,10,18H,8-9H2,1-4H3. The second-order valence-corrected chi connectivity index (χ2v) is 6.45. The third-order valence-electron chi connectivity index (χ3n) is 3.15. The van der Waals surface area contributed by atoms with E-state index in [0.717, 1.165) is 34.0 Å². The molecular formula is C16H21NO2S. The summed E-state index contributed by atoms with van der Waals surface area (Å²) in [5.41, 5.74) is 2.16. The number of hydrogen-bond donors (Lipinski definition) is 1. The van der Waals surface area contributed by atoms with E-state index >= 15 is 0 Å². The Hall–Kier alpha value is -1.39. The van der Waals surface area contributed by atoms with Crippen molar-refractivity contribution in [2.75, 3.05) is 6.61 Å². The maximum Gasteiger partial charge on any atom is 0.125 e. The first-order valence-corrected chi connectivity index (χ1v) is 7.62. The molecule has 4 heteroatoms. The molecule has 0 aliphatic heterocycles. The van der Waals surface area contributed by atoms with Gasteiger partial charge in [0.25, 0.3) is 0 Å². The van der Waals surface area contributed by atoms with Gasteiger partial charge in [0.05, 0.1) is 17.3 Å². The molecule has 0 atom stereocenters. The van der Waals surface area contributed by atoms with Gasteiger partial charge in [-0.25, -0.2) is 4.98 Å². The molecule has 1 heterocycles. The van der Waals surface area contributed by atoms with E-state index in [1.165, 1.54) is 0 Å². The molecule has 0 fully saturated rings. The van der Waals surface area contributed by atoms with E-state index in [-0.39, 0.29) is 0 Å². The Morgan fingerprint density at radius 2 is 1.90 bits per heavy atom. The van der Waals surface area contributed by atoms with E-state index in [2.05, 4.69) is 31.0 Å². The molecular weight excluding hydrogens is 270 g/mol. The van der Waals surface area contributed by atoms with E-state index in [9.17, 15) is 5.11 Å². The molecule has 108 valence electrons. The average Bonchev–Trinajstić information content (AvgIpc) is 2.81. The Kier molecular flexibility index (Phi) is 4.45. The van der Waals surface area contributed by atoms with Gasteiger partial charge in [0.1, 0.15) is 11.4 Å². The highest BCUT2D eigenvalue weighted by molar-refractivity contribution is 7.09. The summed E-state index contributed by atoms with van der Waals surface area (Å²) in [6.45, 7) is 8.21. The summed E-state index contributed by atoms with van der Waals surface area (Å²) < 4.78 is 5.87. The van der Waals surface area contributed by atoms with Gasteiger partial charge < -0.3 is 9.84 Å². The second kappa shape index (κ2) is 5.94. The smallest absolute Gasteiger partial charge is 0.125 e. The van der Waals surface area contributed by atoms with Crippen LogP contribution in [0.15, 0.2) is 23.6 Å². The molecule has 0 aliphatic rings. The van der Waals surface area contributed by atoms with Gasteiger partial charge in [-0.3, -0.25) is 0 Å². The zero-order valence-electron chi connectivity index (χ0n) is 12.4. The fraction of sp³-hybridized carbons (Fsp3) is 0.438. The van der Waals surface area contributed by atoms with Gasteiger partial charge in [-0.2, -0.15) is 0 Å². The monoisotopic (exact) mass is 291 g/mol. The summed E-state index contributed by atoms with van der Waals surface area (Å²) >= 11 is 1.57. The molecule has 0 aliphatic carbocycles. The summed E-state index contributed by atoms with van der Waals surface area (Å²) in [5, 5.41) is 12.8. The first-order valence-electron chi connectivity index (χ1n) is 6.74. The maximum absolute atomic E-state index is 9.89. The van der Waals surface area contributed by atoms with Gasteiger partial charge in [-0.05, 0) is 38.8 Å². The Morgan fingerprint density at radius 1 is 1.25 bits per heavy atom. The number of para-hydroxylation sites is 1. The fourth-order valence-corrected chi connectivity index (χ4v) is 2.91. The molecule has 3 nitrogen and oxygen atoms in total. The van der Waals surface area contributed by atoms with Crippen molar-refractivity contribution in [3.05, 3.63) is 45.4 Å². The molecule has 2 rings (SSSR count). The first kappa shape index (κ1) is 15.0. The Bertz CT molecular complexity index is 564. The van der Waals surface area contributed by atoms with Crippen LogP contribution in [0, 0.1) is 13.8 Å². The molecule has 1 aromatic carbocycles. The molecule has 0 unspecified atom stereocenters. The lowest BCUT2D eigenvalue weighted by molar-refractivity contribution is 0.0743. The van der Waals surface area contributed by atoms with Crippen LogP contribution >= 0.6 is 11.3 Å². The summed E-state index contributed by atoms with van der Waals surface area (Å²) in [6, 6.07) is 6.14.